The number of anilines is 1. The number of aryl methyl sites for hydroxylation is 1. The van der Waals surface area contributed by atoms with Crippen molar-refractivity contribution in [2.75, 3.05) is 11.9 Å². The predicted octanol–water partition coefficient (Wildman–Crippen LogP) is 3.86. The molecule has 0 aliphatic heterocycles. The molecule has 1 aliphatic rings. The number of carbonyl (C=O) groups excluding carboxylic acids is 2. The van der Waals surface area contributed by atoms with Crippen LogP contribution in [-0.2, 0) is 9.59 Å². The molecule has 2 N–H and O–H groups in total. The topological polar surface area (TPSA) is 58.2 Å². The molecule has 1 aromatic rings. The Bertz CT molecular complexity index is 608. The molecule has 1 fully saturated rings. The van der Waals surface area contributed by atoms with Crippen LogP contribution in [0.5, 0.6) is 0 Å². The Morgan fingerprint density at radius 2 is 1.79 bits per heavy atom. The lowest BCUT2D eigenvalue weighted by Gasteiger charge is -2.16. The second kappa shape index (κ2) is 7.82. The number of hydrogen-bond donors (Lipinski definition) is 2. The van der Waals surface area contributed by atoms with Gasteiger partial charge in [0.05, 0.1) is 11.8 Å². The van der Waals surface area contributed by atoms with Crippen molar-refractivity contribution in [1.29, 1.82) is 0 Å². The highest BCUT2D eigenvalue weighted by molar-refractivity contribution is 6.00. The van der Waals surface area contributed by atoms with Gasteiger partial charge >= 0.3 is 0 Å². The fourth-order valence-corrected chi connectivity index (χ4v) is 2.95. The second-order valence-corrected chi connectivity index (χ2v) is 7.61. The minimum Gasteiger partial charge on any atom is -0.356 e. The van der Waals surface area contributed by atoms with Crippen LogP contribution in [0, 0.1) is 24.7 Å². The van der Waals surface area contributed by atoms with Gasteiger partial charge in [-0.2, -0.15) is 0 Å². The molecule has 132 valence electrons. The SMILES string of the molecule is Cc1cccc(C(C)C)c1NC(=O)C1CC1C(=O)NCCC(C)C. The van der Waals surface area contributed by atoms with E-state index in [1.807, 2.05) is 19.1 Å². The summed E-state index contributed by atoms with van der Waals surface area (Å²) in [5.41, 5.74) is 3.11. The van der Waals surface area contributed by atoms with E-state index >= 15 is 0 Å². The van der Waals surface area contributed by atoms with Crippen molar-refractivity contribution in [1.82, 2.24) is 5.32 Å². The van der Waals surface area contributed by atoms with Crippen LogP contribution in [0.2, 0.25) is 0 Å². The predicted molar refractivity (Wildman–Crippen MR) is 98.0 cm³/mol. The maximum absolute atomic E-state index is 12.5. The molecule has 1 aromatic carbocycles. The van der Waals surface area contributed by atoms with E-state index in [4.69, 9.17) is 0 Å². The largest absolute Gasteiger partial charge is 0.356 e. The van der Waals surface area contributed by atoms with E-state index in [-0.39, 0.29) is 23.7 Å². The number of hydrogen-bond acceptors (Lipinski definition) is 2. The van der Waals surface area contributed by atoms with E-state index in [1.165, 1.54) is 0 Å². The number of carbonyl (C=O) groups is 2. The van der Waals surface area contributed by atoms with Crippen molar-refractivity contribution in [3.8, 4) is 0 Å². The molecule has 1 aliphatic carbocycles. The Kier molecular flexibility index (Phi) is 6.03. The number of nitrogens with one attached hydrogen (secondary N) is 2. The highest BCUT2D eigenvalue weighted by Gasteiger charge is 2.48. The van der Waals surface area contributed by atoms with Crippen LogP contribution < -0.4 is 10.6 Å². The smallest absolute Gasteiger partial charge is 0.228 e. The van der Waals surface area contributed by atoms with Gasteiger partial charge in [0.1, 0.15) is 0 Å². The Morgan fingerprint density at radius 3 is 2.42 bits per heavy atom. The molecule has 2 unspecified atom stereocenters. The van der Waals surface area contributed by atoms with Crippen molar-refractivity contribution in [3.63, 3.8) is 0 Å². The number of amides is 2. The van der Waals surface area contributed by atoms with Gasteiger partial charge in [0, 0.05) is 12.2 Å². The van der Waals surface area contributed by atoms with E-state index < -0.39 is 0 Å². The van der Waals surface area contributed by atoms with Gasteiger partial charge in [0.2, 0.25) is 11.8 Å². The third-order valence-electron chi connectivity index (χ3n) is 4.66. The minimum atomic E-state index is -0.191. The molecule has 0 bridgehead atoms. The van der Waals surface area contributed by atoms with E-state index in [1.54, 1.807) is 0 Å². The maximum Gasteiger partial charge on any atom is 0.228 e. The van der Waals surface area contributed by atoms with Gasteiger partial charge in [-0.05, 0) is 42.7 Å². The van der Waals surface area contributed by atoms with Crippen LogP contribution >= 0.6 is 0 Å². The van der Waals surface area contributed by atoms with Crippen LogP contribution in [0.4, 0.5) is 5.69 Å². The highest BCUT2D eigenvalue weighted by Crippen LogP contribution is 2.40. The van der Waals surface area contributed by atoms with Crippen molar-refractivity contribution < 1.29 is 9.59 Å². The lowest BCUT2D eigenvalue weighted by Crippen LogP contribution is -2.29. The van der Waals surface area contributed by atoms with Gasteiger partial charge in [-0.25, -0.2) is 0 Å². The Morgan fingerprint density at radius 1 is 1.12 bits per heavy atom. The van der Waals surface area contributed by atoms with Gasteiger partial charge in [0.15, 0.2) is 0 Å². The molecule has 24 heavy (non-hydrogen) atoms. The normalized spacial score (nSPS) is 19.5. The maximum atomic E-state index is 12.5. The standard InChI is InChI=1S/C20H30N2O2/c1-12(2)9-10-21-19(23)16-11-17(16)20(24)22-18-14(5)7-6-8-15(18)13(3)4/h6-8,12-13,16-17H,9-11H2,1-5H3,(H,21,23)(H,22,24). The second-order valence-electron chi connectivity index (χ2n) is 7.61. The van der Waals surface area contributed by atoms with Crippen LogP contribution in [0.15, 0.2) is 18.2 Å². The molecule has 4 heteroatoms. The molecular formula is C20H30N2O2. The van der Waals surface area contributed by atoms with E-state index in [2.05, 4.69) is 44.4 Å². The first-order valence-corrected chi connectivity index (χ1v) is 8.99. The van der Waals surface area contributed by atoms with Crippen LogP contribution in [0.25, 0.3) is 0 Å². The van der Waals surface area contributed by atoms with Crippen LogP contribution in [-0.4, -0.2) is 18.4 Å². The fourth-order valence-electron chi connectivity index (χ4n) is 2.95. The Hall–Kier alpha value is -1.84. The summed E-state index contributed by atoms with van der Waals surface area (Å²) in [6.07, 6.45) is 1.62. The third kappa shape index (κ3) is 4.59. The molecule has 0 spiro atoms. The van der Waals surface area contributed by atoms with Gasteiger partial charge in [0.25, 0.3) is 0 Å². The van der Waals surface area contributed by atoms with Crippen molar-refractivity contribution in [2.24, 2.45) is 17.8 Å². The number of benzene rings is 1. The average molecular weight is 330 g/mol. The summed E-state index contributed by atoms with van der Waals surface area (Å²) in [5, 5.41) is 6.01. The molecule has 1 saturated carbocycles. The summed E-state index contributed by atoms with van der Waals surface area (Å²) in [6.45, 7) is 11.2. The molecular weight excluding hydrogens is 300 g/mol. The Balaban J connectivity index is 1.92. The molecule has 0 saturated heterocycles. The van der Waals surface area contributed by atoms with Crippen molar-refractivity contribution >= 4 is 17.5 Å². The number of para-hydroxylation sites is 1. The Labute approximate surface area is 145 Å². The first kappa shape index (κ1) is 18.5. The fraction of sp³-hybridized carbons (Fsp3) is 0.600. The molecule has 2 amide bonds. The van der Waals surface area contributed by atoms with E-state index in [0.717, 1.165) is 23.2 Å². The van der Waals surface area contributed by atoms with E-state index in [0.29, 0.717) is 24.8 Å². The first-order chi connectivity index (χ1) is 11.3. The highest BCUT2D eigenvalue weighted by atomic mass is 16.2. The van der Waals surface area contributed by atoms with Crippen molar-refractivity contribution in [2.45, 2.75) is 53.4 Å². The summed E-state index contributed by atoms with van der Waals surface area (Å²) in [4.78, 5) is 24.6. The van der Waals surface area contributed by atoms with Crippen LogP contribution in [0.3, 0.4) is 0 Å². The summed E-state index contributed by atoms with van der Waals surface area (Å²) in [7, 11) is 0. The molecule has 0 radical (unpaired) electrons. The lowest BCUT2D eigenvalue weighted by molar-refractivity contribution is -0.125. The van der Waals surface area contributed by atoms with Gasteiger partial charge < -0.3 is 10.6 Å². The quantitative estimate of drug-likeness (QED) is 0.797. The molecule has 0 heterocycles. The van der Waals surface area contributed by atoms with Crippen molar-refractivity contribution in [3.05, 3.63) is 29.3 Å². The summed E-state index contributed by atoms with van der Waals surface area (Å²) in [6, 6.07) is 6.07. The molecule has 4 nitrogen and oxygen atoms in total. The average Bonchev–Trinajstić information content (AvgIpc) is 3.29. The monoisotopic (exact) mass is 330 g/mol. The number of rotatable bonds is 7. The summed E-state index contributed by atoms with van der Waals surface area (Å²) in [5.74, 6) is 0.542. The van der Waals surface area contributed by atoms with Crippen LogP contribution in [0.1, 0.15) is 57.6 Å². The third-order valence-corrected chi connectivity index (χ3v) is 4.66. The van der Waals surface area contributed by atoms with E-state index in [9.17, 15) is 9.59 Å². The minimum absolute atomic E-state index is 0.0182. The molecule has 2 atom stereocenters. The zero-order chi connectivity index (χ0) is 17.9. The van der Waals surface area contributed by atoms with Gasteiger partial charge in [-0.15, -0.1) is 0 Å². The molecule has 2 rings (SSSR count). The lowest BCUT2D eigenvalue weighted by atomic mass is 9.98. The summed E-state index contributed by atoms with van der Waals surface area (Å²) < 4.78 is 0. The van der Waals surface area contributed by atoms with Gasteiger partial charge in [-0.3, -0.25) is 9.59 Å². The zero-order valence-corrected chi connectivity index (χ0v) is 15.5. The molecule has 0 aromatic heterocycles. The summed E-state index contributed by atoms with van der Waals surface area (Å²) >= 11 is 0. The first-order valence-electron chi connectivity index (χ1n) is 8.99. The zero-order valence-electron chi connectivity index (χ0n) is 15.5. The van der Waals surface area contributed by atoms with Gasteiger partial charge in [-0.1, -0.05) is 45.9 Å².